The fourth-order valence-electron chi connectivity index (χ4n) is 2.54. The summed E-state index contributed by atoms with van der Waals surface area (Å²) in [7, 11) is 1.30. The van der Waals surface area contributed by atoms with Crippen LogP contribution in [0, 0.1) is 5.92 Å². The molecule has 1 N–H and O–H groups in total. The van der Waals surface area contributed by atoms with Crippen LogP contribution >= 0.6 is 0 Å². The Morgan fingerprint density at radius 2 is 1.76 bits per heavy atom. The van der Waals surface area contributed by atoms with E-state index >= 15 is 0 Å². The molecule has 0 atom stereocenters. The first-order valence-electron chi connectivity index (χ1n) is 7.14. The largest absolute Gasteiger partial charge is 0.465 e. The van der Waals surface area contributed by atoms with Crippen molar-refractivity contribution in [2.75, 3.05) is 13.7 Å². The van der Waals surface area contributed by atoms with Crippen molar-refractivity contribution in [2.45, 2.75) is 31.8 Å². The van der Waals surface area contributed by atoms with Gasteiger partial charge in [0, 0.05) is 6.61 Å². The Morgan fingerprint density at radius 3 is 2.33 bits per heavy atom. The molecule has 1 aliphatic rings. The molecule has 0 spiro atoms. The molecule has 0 heterocycles. The second-order valence-electron chi connectivity index (χ2n) is 5.30. The molecule has 1 aliphatic carbocycles. The number of hydrogen-bond donors (Lipinski definition) is 1. The first-order valence-corrected chi connectivity index (χ1v) is 7.14. The first-order chi connectivity index (χ1) is 10.1. The van der Waals surface area contributed by atoms with Crippen LogP contribution in [-0.4, -0.2) is 36.9 Å². The molecule has 1 aromatic rings. The molecule has 0 unspecified atom stereocenters. The lowest BCUT2D eigenvalue weighted by atomic mass is 9.88. The van der Waals surface area contributed by atoms with E-state index in [9.17, 15) is 9.59 Å². The van der Waals surface area contributed by atoms with Gasteiger partial charge in [-0.3, -0.25) is 0 Å². The van der Waals surface area contributed by atoms with E-state index in [1.165, 1.54) is 13.2 Å². The van der Waals surface area contributed by atoms with Crippen LogP contribution in [0.1, 0.15) is 46.4 Å². The molecule has 0 aromatic heterocycles. The topological polar surface area (TPSA) is 72.8 Å². The zero-order chi connectivity index (χ0) is 15.2. The highest BCUT2D eigenvalue weighted by molar-refractivity contribution is 5.95. The van der Waals surface area contributed by atoms with Crippen LogP contribution in [-0.2, 0) is 9.47 Å². The molecular weight excluding hydrogens is 272 g/mol. The second kappa shape index (κ2) is 7.22. The zero-order valence-electron chi connectivity index (χ0n) is 12.1. The average Bonchev–Trinajstić information content (AvgIpc) is 2.55. The predicted octanol–water partition coefficient (Wildman–Crippen LogP) is 2.18. The summed E-state index contributed by atoms with van der Waals surface area (Å²) in [6, 6.07) is 6.32. The van der Waals surface area contributed by atoms with Gasteiger partial charge in [0.1, 0.15) is 6.10 Å². The van der Waals surface area contributed by atoms with Crippen LogP contribution in [0.25, 0.3) is 0 Å². The van der Waals surface area contributed by atoms with Gasteiger partial charge in [0.05, 0.1) is 18.2 Å². The average molecular weight is 292 g/mol. The van der Waals surface area contributed by atoms with E-state index in [0.29, 0.717) is 17.0 Å². The first kappa shape index (κ1) is 15.5. The molecule has 2 rings (SSSR count). The molecule has 1 saturated carbocycles. The van der Waals surface area contributed by atoms with Crippen molar-refractivity contribution in [2.24, 2.45) is 5.92 Å². The van der Waals surface area contributed by atoms with E-state index in [2.05, 4.69) is 4.74 Å². The van der Waals surface area contributed by atoms with Gasteiger partial charge >= 0.3 is 11.9 Å². The van der Waals surface area contributed by atoms with Crippen molar-refractivity contribution in [3.05, 3.63) is 35.4 Å². The fraction of sp³-hybridized carbons (Fsp3) is 0.500. The van der Waals surface area contributed by atoms with Gasteiger partial charge in [-0.2, -0.15) is 0 Å². The number of rotatable bonds is 4. The molecular formula is C16H20O5. The van der Waals surface area contributed by atoms with Crippen molar-refractivity contribution in [1.82, 2.24) is 0 Å². The van der Waals surface area contributed by atoms with Crippen molar-refractivity contribution in [1.29, 1.82) is 0 Å². The quantitative estimate of drug-likeness (QED) is 0.861. The van der Waals surface area contributed by atoms with Crippen LogP contribution in [0.3, 0.4) is 0 Å². The number of carbonyl (C=O) groups is 2. The van der Waals surface area contributed by atoms with Crippen molar-refractivity contribution in [3.8, 4) is 0 Å². The number of benzene rings is 1. The molecule has 21 heavy (non-hydrogen) atoms. The third-order valence-electron chi connectivity index (χ3n) is 3.85. The number of aliphatic hydroxyl groups excluding tert-OH is 1. The van der Waals surface area contributed by atoms with Gasteiger partial charge in [0.2, 0.25) is 0 Å². The molecule has 0 bridgehead atoms. The zero-order valence-corrected chi connectivity index (χ0v) is 12.1. The standard InChI is InChI=1S/C16H20O5/c1-20-15(18)12-3-2-4-13(9-12)16(19)21-14-7-5-11(10-17)6-8-14/h2-4,9,11,14,17H,5-8,10H2,1H3. The Hall–Kier alpha value is -1.88. The normalized spacial score (nSPS) is 21.6. The number of aliphatic hydroxyl groups is 1. The Labute approximate surface area is 123 Å². The molecule has 0 amide bonds. The minimum absolute atomic E-state index is 0.109. The van der Waals surface area contributed by atoms with E-state index in [4.69, 9.17) is 9.84 Å². The van der Waals surface area contributed by atoms with Gasteiger partial charge in [-0.1, -0.05) is 6.07 Å². The monoisotopic (exact) mass is 292 g/mol. The summed E-state index contributed by atoms with van der Waals surface area (Å²) in [4.78, 5) is 23.6. The molecule has 114 valence electrons. The molecule has 0 radical (unpaired) electrons. The van der Waals surface area contributed by atoms with Crippen molar-refractivity contribution < 1.29 is 24.2 Å². The molecule has 5 nitrogen and oxygen atoms in total. The highest BCUT2D eigenvalue weighted by atomic mass is 16.5. The summed E-state index contributed by atoms with van der Waals surface area (Å²) >= 11 is 0. The Bertz CT molecular complexity index is 503. The summed E-state index contributed by atoms with van der Waals surface area (Å²) in [5, 5.41) is 9.09. The molecule has 0 saturated heterocycles. The van der Waals surface area contributed by atoms with Gasteiger partial charge in [0.25, 0.3) is 0 Å². The molecule has 5 heteroatoms. The predicted molar refractivity (Wildman–Crippen MR) is 76.0 cm³/mol. The van der Waals surface area contributed by atoms with Gasteiger partial charge in [0.15, 0.2) is 0 Å². The minimum Gasteiger partial charge on any atom is -0.465 e. The summed E-state index contributed by atoms with van der Waals surface area (Å²) in [6.45, 7) is 0.196. The van der Waals surface area contributed by atoms with Crippen molar-refractivity contribution in [3.63, 3.8) is 0 Å². The fourth-order valence-corrected chi connectivity index (χ4v) is 2.54. The summed E-state index contributed by atoms with van der Waals surface area (Å²) in [5.41, 5.74) is 0.679. The van der Waals surface area contributed by atoms with E-state index in [1.807, 2.05) is 0 Å². The number of esters is 2. The van der Waals surface area contributed by atoms with Gasteiger partial charge in [-0.25, -0.2) is 9.59 Å². The van der Waals surface area contributed by atoms with E-state index in [1.54, 1.807) is 18.2 Å². The highest BCUT2D eigenvalue weighted by Gasteiger charge is 2.24. The van der Waals surface area contributed by atoms with Crippen LogP contribution in [0.5, 0.6) is 0 Å². The summed E-state index contributed by atoms with van der Waals surface area (Å²) in [6.07, 6.45) is 3.18. The van der Waals surface area contributed by atoms with E-state index < -0.39 is 11.9 Å². The second-order valence-corrected chi connectivity index (χ2v) is 5.30. The lowest BCUT2D eigenvalue weighted by molar-refractivity contribution is 0.0134. The maximum absolute atomic E-state index is 12.1. The van der Waals surface area contributed by atoms with Gasteiger partial charge in [-0.15, -0.1) is 0 Å². The van der Waals surface area contributed by atoms with Gasteiger partial charge < -0.3 is 14.6 Å². The lowest BCUT2D eigenvalue weighted by Crippen LogP contribution is -2.25. The summed E-state index contributed by atoms with van der Waals surface area (Å²) < 4.78 is 10.1. The Kier molecular flexibility index (Phi) is 5.33. The SMILES string of the molecule is COC(=O)c1cccc(C(=O)OC2CCC(CO)CC2)c1. The maximum atomic E-state index is 12.1. The number of methoxy groups -OCH3 is 1. The maximum Gasteiger partial charge on any atom is 0.338 e. The summed E-state index contributed by atoms with van der Waals surface area (Å²) in [5.74, 6) is -0.580. The van der Waals surface area contributed by atoms with E-state index in [-0.39, 0.29) is 12.7 Å². The Morgan fingerprint density at radius 1 is 1.14 bits per heavy atom. The minimum atomic E-state index is -0.479. The van der Waals surface area contributed by atoms with Gasteiger partial charge in [-0.05, 0) is 49.8 Å². The van der Waals surface area contributed by atoms with Crippen LogP contribution in [0.2, 0.25) is 0 Å². The smallest absolute Gasteiger partial charge is 0.338 e. The third-order valence-corrected chi connectivity index (χ3v) is 3.85. The third kappa shape index (κ3) is 4.04. The van der Waals surface area contributed by atoms with Crippen LogP contribution in [0.15, 0.2) is 24.3 Å². The van der Waals surface area contributed by atoms with Crippen LogP contribution in [0.4, 0.5) is 0 Å². The van der Waals surface area contributed by atoms with Crippen molar-refractivity contribution >= 4 is 11.9 Å². The highest BCUT2D eigenvalue weighted by Crippen LogP contribution is 2.26. The lowest BCUT2D eigenvalue weighted by Gasteiger charge is -2.27. The number of carbonyl (C=O) groups excluding carboxylic acids is 2. The Balaban J connectivity index is 1.96. The molecule has 1 fully saturated rings. The van der Waals surface area contributed by atoms with Crippen LogP contribution < -0.4 is 0 Å². The van der Waals surface area contributed by atoms with E-state index in [0.717, 1.165) is 25.7 Å². The number of ether oxygens (including phenoxy) is 2. The number of hydrogen-bond acceptors (Lipinski definition) is 5. The molecule has 0 aliphatic heterocycles. The molecule has 1 aromatic carbocycles.